The molecule has 1 aromatic rings. The van der Waals surface area contributed by atoms with Gasteiger partial charge in [-0.25, -0.2) is 0 Å². The topological polar surface area (TPSA) is 61.4 Å². The van der Waals surface area contributed by atoms with Crippen LogP contribution in [-0.2, 0) is 16.1 Å². The van der Waals surface area contributed by atoms with Crippen molar-refractivity contribution in [2.75, 3.05) is 13.6 Å². The molecule has 2 unspecified atom stereocenters. The van der Waals surface area contributed by atoms with Crippen molar-refractivity contribution in [1.82, 2.24) is 15.5 Å². The lowest BCUT2D eigenvalue weighted by atomic mass is 10.1. The molecule has 1 saturated heterocycles. The highest BCUT2D eigenvalue weighted by Gasteiger charge is 2.35. The average molecular weight is 303 g/mol. The highest BCUT2D eigenvalue weighted by Crippen LogP contribution is 2.21. The summed E-state index contributed by atoms with van der Waals surface area (Å²) in [5.74, 6) is 0.00227. The molecule has 1 fully saturated rings. The smallest absolute Gasteiger partial charge is 0.242 e. The Balaban J connectivity index is 1.99. The number of amides is 2. The predicted molar refractivity (Wildman–Crippen MR) is 86.3 cm³/mol. The van der Waals surface area contributed by atoms with Crippen molar-refractivity contribution in [3.05, 3.63) is 35.4 Å². The van der Waals surface area contributed by atoms with Crippen LogP contribution >= 0.6 is 0 Å². The lowest BCUT2D eigenvalue weighted by Crippen LogP contribution is -2.47. The Kier molecular flexibility index (Phi) is 5.55. The van der Waals surface area contributed by atoms with E-state index in [1.165, 1.54) is 5.56 Å². The average Bonchev–Trinajstić information content (AvgIpc) is 2.88. The van der Waals surface area contributed by atoms with Crippen molar-refractivity contribution >= 4 is 11.8 Å². The van der Waals surface area contributed by atoms with E-state index in [0.717, 1.165) is 5.56 Å². The van der Waals surface area contributed by atoms with Gasteiger partial charge in [0.15, 0.2) is 0 Å². The van der Waals surface area contributed by atoms with E-state index in [1.54, 1.807) is 4.90 Å². The molecule has 2 atom stereocenters. The molecule has 2 amide bonds. The van der Waals surface area contributed by atoms with Crippen LogP contribution in [0.4, 0.5) is 0 Å². The van der Waals surface area contributed by atoms with E-state index in [9.17, 15) is 9.59 Å². The first-order valence-electron chi connectivity index (χ1n) is 7.81. The largest absolute Gasteiger partial charge is 0.353 e. The van der Waals surface area contributed by atoms with Crippen molar-refractivity contribution in [1.29, 1.82) is 0 Å². The van der Waals surface area contributed by atoms with Crippen molar-refractivity contribution in [3.8, 4) is 0 Å². The van der Waals surface area contributed by atoms with Gasteiger partial charge in [-0.15, -0.1) is 0 Å². The fraction of sp³-hybridized carbons (Fsp3) is 0.529. The Morgan fingerprint density at radius 2 is 2.05 bits per heavy atom. The van der Waals surface area contributed by atoms with Gasteiger partial charge in [0, 0.05) is 25.6 Å². The third-order valence-electron chi connectivity index (χ3n) is 4.18. The Morgan fingerprint density at radius 3 is 2.68 bits per heavy atom. The first-order chi connectivity index (χ1) is 10.5. The van der Waals surface area contributed by atoms with Gasteiger partial charge in [-0.05, 0) is 32.9 Å². The third kappa shape index (κ3) is 4.07. The standard InChI is InChI=1S/C17H25N3O2/c1-12-4-6-14(7-5-12)11-20-15(8-9-16(20)21)17(22)19-10-13(2)18-3/h4-7,13,15,18H,8-11H2,1-3H3,(H,19,22). The molecule has 22 heavy (non-hydrogen) atoms. The monoisotopic (exact) mass is 303 g/mol. The number of nitrogens with one attached hydrogen (secondary N) is 2. The number of carbonyl (C=O) groups is 2. The SMILES string of the molecule is CNC(C)CNC(=O)C1CCC(=O)N1Cc1ccc(C)cc1. The van der Waals surface area contributed by atoms with Gasteiger partial charge >= 0.3 is 0 Å². The summed E-state index contributed by atoms with van der Waals surface area (Å²) in [7, 11) is 1.86. The molecular weight excluding hydrogens is 278 g/mol. The summed E-state index contributed by atoms with van der Waals surface area (Å²) in [5.41, 5.74) is 2.24. The fourth-order valence-electron chi connectivity index (χ4n) is 2.57. The van der Waals surface area contributed by atoms with Crippen LogP contribution in [0.2, 0.25) is 0 Å². The predicted octanol–water partition coefficient (Wildman–Crippen LogP) is 1.21. The molecule has 0 aromatic heterocycles. The highest BCUT2D eigenvalue weighted by atomic mass is 16.2. The number of hydrogen-bond acceptors (Lipinski definition) is 3. The molecule has 1 aliphatic heterocycles. The van der Waals surface area contributed by atoms with Gasteiger partial charge < -0.3 is 15.5 Å². The molecular formula is C17H25N3O2. The van der Waals surface area contributed by atoms with Gasteiger partial charge in [-0.3, -0.25) is 9.59 Å². The minimum Gasteiger partial charge on any atom is -0.353 e. The minimum atomic E-state index is -0.349. The Bertz CT molecular complexity index is 527. The van der Waals surface area contributed by atoms with E-state index in [0.29, 0.717) is 25.9 Å². The molecule has 0 bridgehead atoms. The minimum absolute atomic E-state index is 0.0555. The maximum absolute atomic E-state index is 12.3. The zero-order valence-electron chi connectivity index (χ0n) is 13.6. The summed E-state index contributed by atoms with van der Waals surface area (Å²) in [4.78, 5) is 26.1. The molecule has 1 heterocycles. The van der Waals surface area contributed by atoms with Gasteiger partial charge in [-0.1, -0.05) is 29.8 Å². The zero-order chi connectivity index (χ0) is 16.1. The maximum Gasteiger partial charge on any atom is 0.242 e. The Hall–Kier alpha value is -1.88. The van der Waals surface area contributed by atoms with E-state index >= 15 is 0 Å². The summed E-state index contributed by atoms with van der Waals surface area (Å²) in [6, 6.07) is 7.95. The Labute approximate surface area is 132 Å². The van der Waals surface area contributed by atoms with Gasteiger partial charge in [0.25, 0.3) is 0 Å². The summed E-state index contributed by atoms with van der Waals surface area (Å²) >= 11 is 0. The summed E-state index contributed by atoms with van der Waals surface area (Å²) in [6.45, 7) is 5.10. The summed E-state index contributed by atoms with van der Waals surface area (Å²) in [6.07, 6.45) is 1.05. The normalized spacial score (nSPS) is 19.3. The molecule has 0 aliphatic carbocycles. The van der Waals surface area contributed by atoms with Gasteiger partial charge in [-0.2, -0.15) is 0 Å². The van der Waals surface area contributed by atoms with Crippen LogP contribution in [0.15, 0.2) is 24.3 Å². The van der Waals surface area contributed by atoms with E-state index < -0.39 is 0 Å². The second-order valence-corrected chi connectivity index (χ2v) is 6.00. The lowest BCUT2D eigenvalue weighted by molar-refractivity contribution is -0.135. The second kappa shape index (κ2) is 7.40. The van der Waals surface area contributed by atoms with Crippen LogP contribution in [0.5, 0.6) is 0 Å². The first-order valence-corrected chi connectivity index (χ1v) is 7.81. The number of benzene rings is 1. The first kappa shape index (κ1) is 16.5. The molecule has 5 heteroatoms. The molecule has 2 N–H and O–H groups in total. The number of carbonyl (C=O) groups excluding carboxylic acids is 2. The summed E-state index contributed by atoms with van der Waals surface area (Å²) < 4.78 is 0. The van der Waals surface area contributed by atoms with E-state index in [4.69, 9.17) is 0 Å². The van der Waals surface area contributed by atoms with Crippen LogP contribution in [0, 0.1) is 6.92 Å². The van der Waals surface area contributed by atoms with Gasteiger partial charge in [0.2, 0.25) is 11.8 Å². The van der Waals surface area contributed by atoms with Crippen LogP contribution < -0.4 is 10.6 Å². The van der Waals surface area contributed by atoms with Crippen LogP contribution in [-0.4, -0.2) is 42.4 Å². The quantitative estimate of drug-likeness (QED) is 0.830. The molecule has 0 radical (unpaired) electrons. The molecule has 2 rings (SSSR count). The van der Waals surface area contributed by atoms with Gasteiger partial charge in [0.05, 0.1) is 0 Å². The van der Waals surface area contributed by atoms with E-state index in [2.05, 4.69) is 10.6 Å². The number of likely N-dealkylation sites (tertiary alicyclic amines) is 1. The van der Waals surface area contributed by atoms with Crippen LogP contribution in [0.3, 0.4) is 0 Å². The Morgan fingerprint density at radius 1 is 1.36 bits per heavy atom. The molecule has 5 nitrogen and oxygen atoms in total. The second-order valence-electron chi connectivity index (χ2n) is 6.00. The van der Waals surface area contributed by atoms with Crippen LogP contribution in [0.25, 0.3) is 0 Å². The van der Waals surface area contributed by atoms with Gasteiger partial charge in [0.1, 0.15) is 6.04 Å². The van der Waals surface area contributed by atoms with Crippen molar-refractivity contribution in [2.24, 2.45) is 0 Å². The number of rotatable bonds is 6. The number of likely N-dealkylation sites (N-methyl/N-ethyl adjacent to an activating group) is 1. The lowest BCUT2D eigenvalue weighted by Gasteiger charge is -2.25. The zero-order valence-corrected chi connectivity index (χ0v) is 13.6. The van der Waals surface area contributed by atoms with Crippen molar-refractivity contribution in [3.63, 3.8) is 0 Å². The summed E-state index contributed by atoms with van der Waals surface area (Å²) in [5, 5.41) is 6.01. The maximum atomic E-state index is 12.3. The van der Waals surface area contributed by atoms with E-state index in [-0.39, 0.29) is 23.9 Å². The molecule has 1 aromatic carbocycles. The number of aryl methyl sites for hydroxylation is 1. The van der Waals surface area contributed by atoms with Crippen molar-refractivity contribution in [2.45, 2.75) is 45.3 Å². The molecule has 1 aliphatic rings. The van der Waals surface area contributed by atoms with Crippen molar-refractivity contribution < 1.29 is 9.59 Å². The molecule has 0 saturated carbocycles. The van der Waals surface area contributed by atoms with E-state index in [1.807, 2.05) is 45.2 Å². The molecule has 120 valence electrons. The number of hydrogen-bond donors (Lipinski definition) is 2. The fourth-order valence-corrected chi connectivity index (χ4v) is 2.57. The third-order valence-corrected chi connectivity index (χ3v) is 4.18. The van der Waals surface area contributed by atoms with Crippen LogP contribution in [0.1, 0.15) is 30.9 Å². The molecule has 0 spiro atoms. The number of nitrogens with zero attached hydrogens (tertiary/aromatic N) is 1. The highest BCUT2D eigenvalue weighted by molar-refractivity contribution is 5.90.